The van der Waals surface area contributed by atoms with Crippen molar-refractivity contribution in [1.29, 1.82) is 0 Å². The maximum atomic E-state index is 12.8. The molecule has 0 unspecified atom stereocenters. The molecule has 5 heteroatoms. The number of ketones is 1. The van der Waals surface area contributed by atoms with Crippen molar-refractivity contribution in [1.82, 2.24) is 0 Å². The quantitative estimate of drug-likeness (QED) is 0.876. The van der Waals surface area contributed by atoms with Crippen molar-refractivity contribution >= 4 is 17.4 Å². The molecule has 0 saturated heterocycles. The van der Waals surface area contributed by atoms with E-state index in [0.717, 1.165) is 0 Å². The van der Waals surface area contributed by atoms with Gasteiger partial charge in [-0.3, -0.25) is 4.79 Å². The Bertz CT molecular complexity index is 623. The van der Waals surface area contributed by atoms with Gasteiger partial charge >= 0.3 is 0 Å². The lowest BCUT2D eigenvalue weighted by atomic mass is 10.0. The third kappa shape index (κ3) is 2.69. The van der Waals surface area contributed by atoms with E-state index in [4.69, 9.17) is 16.3 Å². The Morgan fingerprint density at radius 3 is 2.47 bits per heavy atom. The predicted octanol–water partition coefficient (Wildman–Crippen LogP) is 3.42. The number of ether oxygens (including phenoxy) is 1. The molecule has 0 heterocycles. The third-order valence-electron chi connectivity index (χ3n) is 2.62. The number of halogens is 2. The van der Waals surface area contributed by atoms with E-state index < -0.39 is 11.6 Å². The van der Waals surface area contributed by atoms with Crippen LogP contribution in [0.5, 0.6) is 11.5 Å². The SMILES string of the molecule is COc1cc(O)c(C(=O)c2ccc(F)cc2)cc1Cl. The van der Waals surface area contributed by atoms with E-state index in [1.165, 1.54) is 43.5 Å². The number of phenols is 1. The molecule has 0 saturated carbocycles. The van der Waals surface area contributed by atoms with Gasteiger partial charge in [-0.2, -0.15) is 0 Å². The first-order valence-electron chi connectivity index (χ1n) is 5.39. The summed E-state index contributed by atoms with van der Waals surface area (Å²) < 4.78 is 17.7. The van der Waals surface area contributed by atoms with E-state index in [1.54, 1.807) is 0 Å². The van der Waals surface area contributed by atoms with Crippen molar-refractivity contribution in [3.05, 3.63) is 58.4 Å². The Morgan fingerprint density at radius 2 is 1.89 bits per heavy atom. The monoisotopic (exact) mass is 280 g/mol. The first-order chi connectivity index (χ1) is 9.02. The molecule has 1 N–H and O–H groups in total. The molecule has 0 radical (unpaired) electrons. The molecule has 2 rings (SSSR count). The van der Waals surface area contributed by atoms with Crippen molar-refractivity contribution in [2.24, 2.45) is 0 Å². The second-order valence-electron chi connectivity index (χ2n) is 3.84. The topological polar surface area (TPSA) is 46.5 Å². The first-order valence-corrected chi connectivity index (χ1v) is 5.77. The van der Waals surface area contributed by atoms with E-state index in [-0.39, 0.29) is 27.6 Å². The van der Waals surface area contributed by atoms with Crippen molar-refractivity contribution in [2.75, 3.05) is 7.11 Å². The molecule has 98 valence electrons. The number of rotatable bonds is 3. The van der Waals surface area contributed by atoms with Gasteiger partial charge in [0.05, 0.1) is 17.7 Å². The van der Waals surface area contributed by atoms with E-state index in [1.807, 2.05) is 0 Å². The number of carbonyl (C=O) groups excluding carboxylic acids is 1. The lowest BCUT2D eigenvalue weighted by Gasteiger charge is -2.08. The molecule has 19 heavy (non-hydrogen) atoms. The molecule has 0 aliphatic carbocycles. The fourth-order valence-electron chi connectivity index (χ4n) is 1.64. The molecule has 0 aliphatic rings. The van der Waals surface area contributed by atoms with Gasteiger partial charge in [0.15, 0.2) is 5.78 Å². The Kier molecular flexibility index (Phi) is 3.71. The number of hydrogen-bond donors (Lipinski definition) is 1. The average molecular weight is 281 g/mol. The lowest BCUT2D eigenvalue weighted by Crippen LogP contribution is -2.02. The molecular weight excluding hydrogens is 271 g/mol. The summed E-state index contributed by atoms with van der Waals surface area (Å²) in [5, 5.41) is 10.0. The second-order valence-corrected chi connectivity index (χ2v) is 4.25. The van der Waals surface area contributed by atoms with Crippen LogP contribution in [0.1, 0.15) is 15.9 Å². The minimum atomic E-state index is -0.443. The maximum Gasteiger partial charge on any atom is 0.196 e. The summed E-state index contributed by atoms with van der Waals surface area (Å²) in [4.78, 5) is 12.1. The van der Waals surface area contributed by atoms with E-state index >= 15 is 0 Å². The zero-order valence-electron chi connectivity index (χ0n) is 9.98. The fraction of sp³-hybridized carbons (Fsp3) is 0.0714. The summed E-state index contributed by atoms with van der Waals surface area (Å²) in [6.07, 6.45) is 0. The van der Waals surface area contributed by atoms with Crippen LogP contribution in [0, 0.1) is 5.82 Å². The normalized spacial score (nSPS) is 10.3. The highest BCUT2D eigenvalue weighted by atomic mass is 35.5. The Morgan fingerprint density at radius 1 is 1.26 bits per heavy atom. The third-order valence-corrected chi connectivity index (χ3v) is 2.92. The molecule has 0 spiro atoms. The van der Waals surface area contributed by atoms with Crippen LogP contribution in [0.25, 0.3) is 0 Å². The fourth-order valence-corrected chi connectivity index (χ4v) is 1.88. The van der Waals surface area contributed by atoms with Crippen molar-refractivity contribution in [3.63, 3.8) is 0 Å². The Labute approximate surface area is 114 Å². The van der Waals surface area contributed by atoms with E-state index in [0.29, 0.717) is 0 Å². The number of phenolic OH excluding ortho intramolecular Hbond substituents is 1. The van der Waals surface area contributed by atoms with Gasteiger partial charge in [0.1, 0.15) is 17.3 Å². The standard InChI is InChI=1S/C14H10ClFO3/c1-19-13-7-12(17)10(6-11(13)15)14(18)8-2-4-9(16)5-3-8/h2-7,17H,1H3. The highest BCUT2D eigenvalue weighted by Crippen LogP contribution is 2.33. The smallest absolute Gasteiger partial charge is 0.196 e. The van der Waals surface area contributed by atoms with Gasteiger partial charge in [0, 0.05) is 11.6 Å². The number of carbonyl (C=O) groups is 1. The molecule has 3 nitrogen and oxygen atoms in total. The number of hydrogen-bond acceptors (Lipinski definition) is 3. The number of aromatic hydroxyl groups is 1. The van der Waals surface area contributed by atoms with Crippen LogP contribution >= 0.6 is 11.6 Å². The summed E-state index contributed by atoms with van der Waals surface area (Å²) >= 11 is 5.91. The van der Waals surface area contributed by atoms with Gasteiger partial charge in [0.2, 0.25) is 0 Å². The molecule has 0 aromatic heterocycles. The van der Waals surface area contributed by atoms with Gasteiger partial charge < -0.3 is 9.84 Å². The minimum absolute atomic E-state index is 0.0393. The summed E-state index contributed by atoms with van der Waals surface area (Å²) in [5.41, 5.74) is 0.301. The number of benzene rings is 2. The first kappa shape index (κ1) is 13.4. The van der Waals surface area contributed by atoms with Crippen molar-refractivity contribution in [3.8, 4) is 11.5 Å². The van der Waals surface area contributed by atoms with Crippen LogP contribution in [0.15, 0.2) is 36.4 Å². The van der Waals surface area contributed by atoms with Gasteiger partial charge in [-0.15, -0.1) is 0 Å². The zero-order chi connectivity index (χ0) is 14.0. The molecular formula is C14H10ClFO3. The van der Waals surface area contributed by atoms with Gasteiger partial charge in [0.25, 0.3) is 0 Å². The molecule has 2 aromatic rings. The van der Waals surface area contributed by atoms with Gasteiger partial charge in [-0.25, -0.2) is 4.39 Å². The second kappa shape index (κ2) is 5.28. The molecule has 2 aromatic carbocycles. The van der Waals surface area contributed by atoms with Crippen LogP contribution in [-0.2, 0) is 0 Å². The lowest BCUT2D eigenvalue weighted by molar-refractivity contribution is 0.103. The molecule has 0 bridgehead atoms. The summed E-state index contributed by atoms with van der Waals surface area (Å²) in [6, 6.07) is 7.62. The van der Waals surface area contributed by atoms with Crippen molar-refractivity contribution in [2.45, 2.75) is 0 Å². The average Bonchev–Trinajstić information content (AvgIpc) is 2.41. The van der Waals surface area contributed by atoms with Crippen LogP contribution < -0.4 is 4.74 Å². The Balaban J connectivity index is 2.44. The summed E-state index contributed by atoms with van der Waals surface area (Å²) in [6.45, 7) is 0. The van der Waals surface area contributed by atoms with Crippen LogP contribution in [-0.4, -0.2) is 18.0 Å². The Hall–Kier alpha value is -2.07. The molecule has 0 fully saturated rings. The largest absolute Gasteiger partial charge is 0.507 e. The summed E-state index contributed by atoms with van der Waals surface area (Å²) in [7, 11) is 1.40. The van der Waals surface area contributed by atoms with E-state index in [9.17, 15) is 14.3 Å². The zero-order valence-corrected chi connectivity index (χ0v) is 10.7. The molecule has 0 aliphatic heterocycles. The highest BCUT2D eigenvalue weighted by molar-refractivity contribution is 6.32. The number of methoxy groups -OCH3 is 1. The van der Waals surface area contributed by atoms with Gasteiger partial charge in [-0.05, 0) is 30.3 Å². The van der Waals surface area contributed by atoms with Gasteiger partial charge in [-0.1, -0.05) is 11.6 Å². The van der Waals surface area contributed by atoms with Crippen LogP contribution in [0.3, 0.4) is 0 Å². The highest BCUT2D eigenvalue weighted by Gasteiger charge is 2.16. The predicted molar refractivity (Wildman–Crippen MR) is 69.5 cm³/mol. The van der Waals surface area contributed by atoms with E-state index in [2.05, 4.69) is 0 Å². The summed E-state index contributed by atoms with van der Waals surface area (Å²) in [5.74, 6) is -0.846. The maximum absolute atomic E-state index is 12.8. The van der Waals surface area contributed by atoms with Crippen molar-refractivity contribution < 1.29 is 19.0 Å². The molecule has 0 amide bonds. The van der Waals surface area contributed by atoms with Crippen LogP contribution in [0.4, 0.5) is 4.39 Å². The van der Waals surface area contributed by atoms with Crippen LogP contribution in [0.2, 0.25) is 5.02 Å². The minimum Gasteiger partial charge on any atom is -0.507 e. The molecule has 0 atom stereocenters.